The summed E-state index contributed by atoms with van der Waals surface area (Å²) in [4.78, 5) is 23.3. The normalized spacial score (nSPS) is 16.0. The van der Waals surface area contributed by atoms with Gasteiger partial charge in [-0.1, -0.05) is 0 Å². The lowest BCUT2D eigenvalue weighted by atomic mass is 10.1. The topological polar surface area (TPSA) is 88.0 Å². The van der Waals surface area contributed by atoms with Crippen LogP contribution in [0.1, 0.15) is 12.8 Å². The molecule has 0 radical (unpaired) electrons. The minimum Gasteiger partial charge on any atom is -0.408 e. The minimum atomic E-state index is -0.869. The number of benzene rings is 1. The van der Waals surface area contributed by atoms with Crippen molar-refractivity contribution >= 4 is 22.7 Å². The molecule has 1 saturated carbocycles. The lowest BCUT2D eigenvalue weighted by Gasteiger charge is -2.07. The van der Waals surface area contributed by atoms with Crippen LogP contribution in [0.2, 0.25) is 0 Å². The summed E-state index contributed by atoms with van der Waals surface area (Å²) in [6.45, 7) is 0. The van der Waals surface area contributed by atoms with Gasteiger partial charge in [0.2, 0.25) is 5.91 Å². The number of fused-ring (bicyclic) bond motifs is 1. The Kier molecular flexibility index (Phi) is 2.26. The number of anilines is 1. The summed E-state index contributed by atoms with van der Waals surface area (Å²) in [5.41, 5.74) is 0.719. The van der Waals surface area contributed by atoms with Crippen LogP contribution in [0.15, 0.2) is 27.4 Å². The van der Waals surface area contributed by atoms with Crippen molar-refractivity contribution in [3.05, 3.63) is 28.7 Å². The predicted octanol–water partition coefficient (Wildman–Crippen LogP) is 1.37. The van der Waals surface area contributed by atoms with Gasteiger partial charge >= 0.3 is 5.76 Å². The summed E-state index contributed by atoms with van der Waals surface area (Å²) in [5, 5.41) is 11.6. The largest absolute Gasteiger partial charge is 0.419 e. The van der Waals surface area contributed by atoms with Gasteiger partial charge in [-0.2, -0.15) is 5.26 Å². The molecule has 0 spiro atoms. The molecule has 96 valence electrons. The van der Waals surface area contributed by atoms with Crippen molar-refractivity contribution in [1.82, 2.24) is 4.57 Å². The molecule has 0 atom stereocenters. The molecule has 3 rings (SSSR count). The number of oxazole rings is 1. The maximum absolute atomic E-state index is 11.9. The van der Waals surface area contributed by atoms with Crippen molar-refractivity contribution in [3.8, 4) is 6.07 Å². The lowest BCUT2D eigenvalue weighted by Crippen LogP contribution is -2.22. The molecule has 1 aliphatic rings. The molecule has 19 heavy (non-hydrogen) atoms. The summed E-state index contributed by atoms with van der Waals surface area (Å²) in [7, 11) is 1.61. The van der Waals surface area contributed by atoms with Crippen LogP contribution < -0.4 is 11.1 Å². The maximum atomic E-state index is 11.9. The minimum absolute atomic E-state index is 0.298. The van der Waals surface area contributed by atoms with Gasteiger partial charge in [-0.25, -0.2) is 4.79 Å². The highest BCUT2D eigenvalue weighted by Crippen LogP contribution is 2.45. The van der Waals surface area contributed by atoms with E-state index in [9.17, 15) is 9.59 Å². The zero-order valence-electron chi connectivity index (χ0n) is 10.3. The Morgan fingerprint density at radius 3 is 2.89 bits per heavy atom. The van der Waals surface area contributed by atoms with Crippen LogP contribution in [0.25, 0.3) is 11.1 Å². The van der Waals surface area contributed by atoms with Crippen molar-refractivity contribution in [3.63, 3.8) is 0 Å². The molecule has 0 bridgehead atoms. The number of carbonyl (C=O) groups excluding carboxylic acids is 1. The molecule has 1 heterocycles. The molecule has 1 N–H and O–H groups in total. The fourth-order valence-electron chi connectivity index (χ4n) is 1.98. The van der Waals surface area contributed by atoms with E-state index in [1.165, 1.54) is 4.57 Å². The molecule has 6 heteroatoms. The molecule has 1 fully saturated rings. The van der Waals surface area contributed by atoms with Crippen molar-refractivity contribution in [2.45, 2.75) is 12.8 Å². The number of aromatic nitrogens is 1. The van der Waals surface area contributed by atoms with Crippen LogP contribution in [0.4, 0.5) is 5.69 Å². The number of nitrogens with zero attached hydrogens (tertiary/aromatic N) is 2. The van der Waals surface area contributed by atoms with Crippen LogP contribution in [-0.2, 0) is 11.8 Å². The van der Waals surface area contributed by atoms with Gasteiger partial charge in [-0.3, -0.25) is 9.36 Å². The first-order chi connectivity index (χ1) is 9.05. The first-order valence-corrected chi connectivity index (χ1v) is 5.88. The monoisotopic (exact) mass is 257 g/mol. The third kappa shape index (κ3) is 1.71. The molecule has 2 aromatic rings. The van der Waals surface area contributed by atoms with Gasteiger partial charge in [0, 0.05) is 18.8 Å². The molecule has 0 unspecified atom stereocenters. The first kappa shape index (κ1) is 11.5. The summed E-state index contributed by atoms with van der Waals surface area (Å²) in [5.74, 6) is -0.748. The average Bonchev–Trinajstić information content (AvgIpc) is 3.14. The van der Waals surface area contributed by atoms with Gasteiger partial charge < -0.3 is 9.73 Å². The van der Waals surface area contributed by atoms with E-state index in [1.807, 2.05) is 6.07 Å². The number of aryl methyl sites for hydroxylation is 1. The van der Waals surface area contributed by atoms with E-state index >= 15 is 0 Å². The Hall–Kier alpha value is -2.55. The van der Waals surface area contributed by atoms with E-state index in [-0.39, 0.29) is 5.91 Å². The van der Waals surface area contributed by atoms with Crippen molar-refractivity contribution in [2.75, 3.05) is 5.32 Å². The van der Waals surface area contributed by atoms with Crippen LogP contribution in [0.3, 0.4) is 0 Å². The summed E-state index contributed by atoms with van der Waals surface area (Å²) >= 11 is 0. The maximum Gasteiger partial charge on any atom is 0.419 e. The second-order valence-corrected chi connectivity index (χ2v) is 4.76. The first-order valence-electron chi connectivity index (χ1n) is 5.88. The highest BCUT2D eigenvalue weighted by molar-refractivity contribution is 6.00. The van der Waals surface area contributed by atoms with Gasteiger partial charge in [-0.05, 0) is 25.0 Å². The number of nitriles is 1. The number of hydrogen-bond donors (Lipinski definition) is 1. The molecule has 1 aromatic heterocycles. The van der Waals surface area contributed by atoms with Gasteiger partial charge in [0.15, 0.2) is 5.58 Å². The fourth-order valence-corrected chi connectivity index (χ4v) is 1.98. The van der Waals surface area contributed by atoms with E-state index in [1.54, 1.807) is 25.2 Å². The Morgan fingerprint density at radius 1 is 1.53 bits per heavy atom. The van der Waals surface area contributed by atoms with Crippen LogP contribution in [0.5, 0.6) is 0 Å². The highest BCUT2D eigenvalue weighted by Gasteiger charge is 2.50. The van der Waals surface area contributed by atoms with E-state index < -0.39 is 11.2 Å². The summed E-state index contributed by atoms with van der Waals surface area (Å²) in [6, 6.07) is 7.00. The molecular formula is C13H11N3O3. The molecule has 6 nitrogen and oxygen atoms in total. The van der Waals surface area contributed by atoms with Crippen molar-refractivity contribution in [2.24, 2.45) is 12.5 Å². The van der Waals surface area contributed by atoms with Gasteiger partial charge in [-0.15, -0.1) is 0 Å². The standard InChI is InChI=1S/C13H11N3O3/c1-16-9-3-2-8(6-10(9)19-12(16)18)15-11(17)13(7-14)4-5-13/h2-3,6H,4-5H2,1H3,(H,15,17). The lowest BCUT2D eigenvalue weighted by molar-refractivity contribution is -0.119. The summed E-state index contributed by atoms with van der Waals surface area (Å²) < 4.78 is 6.43. The molecular weight excluding hydrogens is 246 g/mol. The Morgan fingerprint density at radius 2 is 2.26 bits per heavy atom. The number of amides is 1. The second kappa shape index (κ2) is 3.72. The van der Waals surface area contributed by atoms with E-state index in [2.05, 4.69) is 5.32 Å². The molecule has 1 aliphatic carbocycles. The fraction of sp³-hybridized carbons (Fsp3) is 0.308. The van der Waals surface area contributed by atoms with Crippen LogP contribution in [0, 0.1) is 16.7 Å². The number of rotatable bonds is 2. The SMILES string of the molecule is Cn1c(=O)oc2cc(NC(=O)C3(C#N)CC3)ccc21. The van der Waals surface area contributed by atoms with Crippen molar-refractivity contribution in [1.29, 1.82) is 5.26 Å². The zero-order chi connectivity index (χ0) is 13.6. The number of hydrogen-bond acceptors (Lipinski definition) is 4. The Balaban J connectivity index is 1.93. The smallest absolute Gasteiger partial charge is 0.408 e. The molecule has 0 saturated heterocycles. The quantitative estimate of drug-likeness (QED) is 0.880. The number of carbonyl (C=O) groups is 1. The van der Waals surface area contributed by atoms with E-state index in [4.69, 9.17) is 9.68 Å². The molecule has 1 aromatic carbocycles. The van der Waals surface area contributed by atoms with Gasteiger partial charge in [0.1, 0.15) is 5.41 Å². The zero-order valence-corrected chi connectivity index (χ0v) is 10.3. The Labute approximate surface area is 108 Å². The average molecular weight is 257 g/mol. The van der Waals surface area contributed by atoms with Crippen LogP contribution >= 0.6 is 0 Å². The number of nitrogens with one attached hydrogen (secondary N) is 1. The van der Waals surface area contributed by atoms with Gasteiger partial charge in [0.05, 0.1) is 11.6 Å². The third-order valence-electron chi connectivity index (χ3n) is 3.45. The third-order valence-corrected chi connectivity index (χ3v) is 3.45. The predicted molar refractivity (Wildman–Crippen MR) is 67.4 cm³/mol. The highest BCUT2D eigenvalue weighted by atomic mass is 16.4. The van der Waals surface area contributed by atoms with E-state index in [0.29, 0.717) is 29.6 Å². The van der Waals surface area contributed by atoms with E-state index in [0.717, 1.165) is 0 Å². The molecule has 0 aliphatic heterocycles. The van der Waals surface area contributed by atoms with Crippen molar-refractivity contribution < 1.29 is 9.21 Å². The van der Waals surface area contributed by atoms with Crippen LogP contribution in [-0.4, -0.2) is 10.5 Å². The second-order valence-electron chi connectivity index (χ2n) is 4.76. The summed E-state index contributed by atoms with van der Waals surface area (Å²) in [6.07, 6.45) is 1.19. The molecule has 1 amide bonds. The van der Waals surface area contributed by atoms with Gasteiger partial charge in [0.25, 0.3) is 0 Å². The Bertz CT molecular complexity index is 775.